The highest BCUT2D eigenvalue weighted by Gasteiger charge is 2.57. The number of likely N-dealkylation sites (N-methyl/N-ethyl adjacent to an activating group) is 1. The molecule has 3 atom stereocenters. The maximum absolute atomic E-state index is 14.0. The molecule has 0 unspecified atom stereocenters. The van der Waals surface area contributed by atoms with Crippen LogP contribution in [0.1, 0.15) is 67.8 Å². The molecule has 2 aromatic rings. The van der Waals surface area contributed by atoms with Crippen molar-refractivity contribution in [3.8, 4) is 11.5 Å². The van der Waals surface area contributed by atoms with Crippen LogP contribution >= 0.6 is 12.4 Å². The molecule has 0 bridgehead atoms. The van der Waals surface area contributed by atoms with Gasteiger partial charge in [0.2, 0.25) is 17.7 Å². The fraction of sp³-hybridized carbons (Fsp3) is 0.529. The quantitative estimate of drug-likeness (QED) is 0.326. The van der Waals surface area contributed by atoms with Gasteiger partial charge in [0, 0.05) is 39.3 Å². The second-order valence-corrected chi connectivity index (χ2v) is 12.5. The van der Waals surface area contributed by atoms with Crippen molar-refractivity contribution >= 4 is 36.0 Å². The summed E-state index contributed by atoms with van der Waals surface area (Å²) in [6.07, 6.45) is 4.54. The van der Waals surface area contributed by atoms with E-state index in [1.807, 2.05) is 24.3 Å². The Morgan fingerprint density at radius 2 is 1.54 bits per heavy atom. The molecule has 2 saturated heterocycles. The van der Waals surface area contributed by atoms with Gasteiger partial charge in [0.05, 0.1) is 6.10 Å². The van der Waals surface area contributed by atoms with E-state index in [1.54, 1.807) is 38.2 Å². The molecule has 2 heterocycles. The fourth-order valence-electron chi connectivity index (χ4n) is 7.10. The first-order valence-corrected chi connectivity index (χ1v) is 16.0. The van der Waals surface area contributed by atoms with Crippen molar-refractivity contribution < 1.29 is 29.0 Å². The van der Waals surface area contributed by atoms with Crippen LogP contribution in [0.3, 0.4) is 0 Å². The molecule has 3 aliphatic rings. The van der Waals surface area contributed by atoms with Crippen LogP contribution in [0.5, 0.6) is 11.5 Å². The highest BCUT2D eigenvalue weighted by molar-refractivity contribution is 6.02. The number of hydrogen-bond acceptors (Lipinski definition) is 7. The summed E-state index contributed by atoms with van der Waals surface area (Å²) in [5, 5.41) is 19.4. The summed E-state index contributed by atoms with van der Waals surface area (Å²) in [5.74, 6) is 0.0871. The number of nitrogens with one attached hydrogen (secondary N) is 3. The third kappa shape index (κ3) is 7.32. The van der Waals surface area contributed by atoms with Crippen molar-refractivity contribution in [2.75, 3.05) is 27.2 Å². The lowest BCUT2D eigenvalue weighted by atomic mass is 9.77. The Labute approximate surface area is 276 Å². The highest BCUT2D eigenvalue weighted by Crippen LogP contribution is 2.37. The van der Waals surface area contributed by atoms with Gasteiger partial charge in [-0.25, -0.2) is 0 Å². The molecular weight excluding hydrogens is 610 g/mol. The van der Waals surface area contributed by atoms with E-state index >= 15 is 0 Å². The summed E-state index contributed by atoms with van der Waals surface area (Å²) in [6, 6.07) is 12.8. The number of rotatable bonds is 9. The number of ether oxygens (including phenoxy) is 1. The van der Waals surface area contributed by atoms with Crippen molar-refractivity contribution in [2.24, 2.45) is 5.92 Å². The molecule has 1 aliphatic carbocycles. The van der Waals surface area contributed by atoms with E-state index in [-0.39, 0.29) is 42.0 Å². The number of aliphatic hydroxyl groups is 1. The highest BCUT2D eigenvalue weighted by atomic mass is 35.5. The van der Waals surface area contributed by atoms with E-state index in [0.29, 0.717) is 49.5 Å². The topological polar surface area (TPSA) is 140 Å². The molecule has 12 heteroatoms. The number of benzene rings is 2. The van der Waals surface area contributed by atoms with Crippen LogP contribution in [-0.2, 0) is 20.9 Å². The molecule has 0 radical (unpaired) electrons. The Bertz CT molecular complexity index is 1370. The molecule has 46 heavy (non-hydrogen) atoms. The SMILES string of the molecule is CNC(=O)c1ccc(Oc2ccc(CN3CCC4(CC3)C(=O)N[C@H]([C@H](O)C3CCCCC3)C(=O)N4[C@H](C)C(=O)NC)cc2)cc1.Cl. The number of halogens is 1. The smallest absolute Gasteiger partial charge is 0.251 e. The maximum atomic E-state index is 14.0. The summed E-state index contributed by atoms with van der Waals surface area (Å²) >= 11 is 0. The molecule has 4 N–H and O–H groups in total. The second-order valence-electron chi connectivity index (χ2n) is 12.5. The van der Waals surface area contributed by atoms with Crippen molar-refractivity contribution in [3.05, 3.63) is 59.7 Å². The number of amides is 4. The monoisotopic (exact) mass is 655 g/mol. The second kappa shape index (κ2) is 15.3. The Balaban J connectivity index is 0.00000480. The predicted molar refractivity (Wildman–Crippen MR) is 176 cm³/mol. The van der Waals surface area contributed by atoms with Crippen LogP contribution < -0.4 is 20.7 Å². The molecule has 2 aromatic carbocycles. The number of nitrogens with zero attached hydrogens (tertiary/aromatic N) is 2. The van der Waals surface area contributed by atoms with Crippen LogP contribution in [0.4, 0.5) is 0 Å². The van der Waals surface area contributed by atoms with Crippen molar-refractivity contribution in [2.45, 2.75) is 82.1 Å². The van der Waals surface area contributed by atoms with Gasteiger partial charge in [-0.2, -0.15) is 0 Å². The molecule has 3 fully saturated rings. The lowest BCUT2D eigenvalue weighted by molar-refractivity contribution is -0.171. The van der Waals surface area contributed by atoms with Crippen LogP contribution in [0, 0.1) is 5.92 Å². The average Bonchev–Trinajstić information content (AvgIpc) is 3.08. The lowest BCUT2D eigenvalue weighted by Gasteiger charge is -2.54. The maximum Gasteiger partial charge on any atom is 0.251 e. The van der Waals surface area contributed by atoms with Crippen molar-refractivity contribution in [1.29, 1.82) is 0 Å². The summed E-state index contributed by atoms with van der Waals surface area (Å²) < 4.78 is 5.94. The van der Waals surface area contributed by atoms with Gasteiger partial charge in [-0.15, -0.1) is 12.4 Å². The van der Waals surface area contributed by atoms with Crippen molar-refractivity contribution in [3.63, 3.8) is 0 Å². The molecule has 2 aliphatic heterocycles. The first-order valence-electron chi connectivity index (χ1n) is 16.0. The fourth-order valence-corrected chi connectivity index (χ4v) is 7.10. The van der Waals surface area contributed by atoms with Crippen molar-refractivity contribution in [1.82, 2.24) is 25.8 Å². The number of carbonyl (C=O) groups excluding carboxylic acids is 4. The number of carbonyl (C=O) groups is 4. The minimum absolute atomic E-state index is 0. The van der Waals surface area contributed by atoms with Crippen LogP contribution in [0.2, 0.25) is 0 Å². The zero-order valence-corrected chi connectivity index (χ0v) is 27.6. The van der Waals surface area contributed by atoms with Gasteiger partial charge in [-0.05, 0) is 80.5 Å². The van der Waals surface area contributed by atoms with Crippen LogP contribution in [-0.4, -0.2) is 89.4 Å². The summed E-state index contributed by atoms with van der Waals surface area (Å²) in [7, 11) is 3.11. The third-order valence-electron chi connectivity index (χ3n) is 9.75. The van der Waals surface area contributed by atoms with Gasteiger partial charge in [0.25, 0.3) is 5.91 Å². The largest absolute Gasteiger partial charge is 0.457 e. The zero-order chi connectivity index (χ0) is 32.1. The first kappa shape index (κ1) is 35.2. The third-order valence-corrected chi connectivity index (χ3v) is 9.75. The number of aliphatic hydroxyl groups excluding tert-OH is 1. The molecule has 11 nitrogen and oxygen atoms in total. The Morgan fingerprint density at radius 3 is 2.11 bits per heavy atom. The van der Waals surface area contributed by atoms with E-state index in [1.165, 1.54) is 11.9 Å². The van der Waals surface area contributed by atoms with Crippen LogP contribution in [0.25, 0.3) is 0 Å². The number of likely N-dealkylation sites (tertiary alicyclic amines) is 1. The number of piperidine rings is 1. The number of hydrogen-bond donors (Lipinski definition) is 4. The van der Waals surface area contributed by atoms with Gasteiger partial charge >= 0.3 is 0 Å². The molecule has 0 aromatic heterocycles. The molecule has 4 amide bonds. The zero-order valence-electron chi connectivity index (χ0n) is 26.8. The van der Waals surface area contributed by atoms with Crippen LogP contribution in [0.15, 0.2) is 48.5 Å². The van der Waals surface area contributed by atoms with E-state index in [4.69, 9.17) is 4.74 Å². The molecule has 1 spiro atoms. The van der Waals surface area contributed by atoms with E-state index in [2.05, 4.69) is 20.9 Å². The van der Waals surface area contributed by atoms with Gasteiger partial charge in [-0.1, -0.05) is 31.4 Å². The van der Waals surface area contributed by atoms with Gasteiger partial charge in [0.15, 0.2) is 0 Å². The summed E-state index contributed by atoms with van der Waals surface area (Å²) in [6.45, 7) is 3.43. The number of piperazine rings is 1. The average molecular weight is 656 g/mol. The van der Waals surface area contributed by atoms with E-state index in [0.717, 1.165) is 37.7 Å². The van der Waals surface area contributed by atoms with E-state index < -0.39 is 23.7 Å². The predicted octanol–water partition coefficient (Wildman–Crippen LogP) is 3.00. The minimum Gasteiger partial charge on any atom is -0.457 e. The minimum atomic E-state index is -1.16. The Hall–Kier alpha value is -3.67. The molecule has 1 saturated carbocycles. The lowest BCUT2D eigenvalue weighted by Crippen LogP contribution is -2.77. The molecule has 5 rings (SSSR count). The Morgan fingerprint density at radius 1 is 0.957 bits per heavy atom. The van der Waals surface area contributed by atoms with Gasteiger partial charge in [0.1, 0.15) is 29.1 Å². The standard InChI is InChI=1S/C34H45N5O6.ClH/c1-22(30(41)35-2)39-32(43)28(29(40)24-7-5-4-6-8-24)37-33(44)34(39)17-19-38(20-18-34)21-23-9-13-26(14-10-23)45-27-15-11-25(12-16-27)31(42)36-3;/h9-16,22,24,28-29,40H,4-8,17-21H2,1-3H3,(H,35,41)(H,36,42)(H,37,44);1H/t22-,28-,29-;/m1./s1. The molecular formula is C34H46ClN5O6. The summed E-state index contributed by atoms with van der Waals surface area (Å²) in [4.78, 5) is 56.2. The Kier molecular flexibility index (Phi) is 11.7. The normalized spacial score (nSPS) is 21.5. The molecule has 250 valence electrons. The first-order chi connectivity index (χ1) is 21.7. The summed E-state index contributed by atoms with van der Waals surface area (Å²) in [5.41, 5.74) is 0.471. The van der Waals surface area contributed by atoms with Gasteiger partial charge in [-0.3, -0.25) is 24.1 Å². The van der Waals surface area contributed by atoms with Gasteiger partial charge < -0.3 is 30.7 Å². The van der Waals surface area contributed by atoms with E-state index in [9.17, 15) is 24.3 Å².